The Morgan fingerprint density at radius 1 is 1.28 bits per heavy atom. The number of hydrogen-bond acceptors (Lipinski definition) is 3. The zero-order valence-electron chi connectivity index (χ0n) is 12.3. The summed E-state index contributed by atoms with van der Waals surface area (Å²) in [5.41, 5.74) is 5.80. The fourth-order valence-electron chi connectivity index (χ4n) is 2.33. The molecular formula is C13H29N5. The Bertz CT molecular complexity index is 256. The van der Waals surface area contributed by atoms with Gasteiger partial charge < -0.3 is 16.0 Å². The Kier molecular flexibility index (Phi) is 6.43. The number of nitrogens with two attached hydrogens (primary N) is 1. The number of rotatable bonds is 5. The van der Waals surface area contributed by atoms with Gasteiger partial charge in [0.25, 0.3) is 0 Å². The van der Waals surface area contributed by atoms with Crippen LogP contribution in [0.25, 0.3) is 0 Å². The Balaban J connectivity index is 2.52. The van der Waals surface area contributed by atoms with E-state index in [1.807, 2.05) is 6.92 Å². The molecule has 1 heterocycles. The maximum absolute atomic E-state index is 5.80. The standard InChI is InChI=1S/C13H29N5/c1-5-15-13(14)16-10-12(11(2)3)18-8-6-17(4)7-9-18/h11-12H,5-10H2,1-4H3,(H3,14,15,16). The van der Waals surface area contributed by atoms with Gasteiger partial charge in [-0.25, -0.2) is 0 Å². The van der Waals surface area contributed by atoms with E-state index in [-0.39, 0.29) is 0 Å². The third-order valence-corrected chi connectivity index (χ3v) is 3.58. The van der Waals surface area contributed by atoms with E-state index >= 15 is 0 Å². The van der Waals surface area contributed by atoms with Crippen LogP contribution in [0.15, 0.2) is 4.99 Å². The molecule has 1 unspecified atom stereocenters. The monoisotopic (exact) mass is 255 g/mol. The summed E-state index contributed by atoms with van der Waals surface area (Å²) in [7, 11) is 2.18. The second-order valence-electron chi connectivity index (χ2n) is 5.41. The molecule has 0 aromatic carbocycles. The topological polar surface area (TPSA) is 56.9 Å². The first-order valence-electron chi connectivity index (χ1n) is 7.01. The lowest BCUT2D eigenvalue weighted by molar-refractivity contribution is 0.0925. The van der Waals surface area contributed by atoms with Crippen LogP contribution in [-0.2, 0) is 0 Å². The normalized spacial score (nSPS) is 21.3. The Morgan fingerprint density at radius 3 is 2.39 bits per heavy atom. The van der Waals surface area contributed by atoms with E-state index < -0.39 is 0 Å². The first kappa shape index (κ1) is 15.2. The van der Waals surface area contributed by atoms with Crippen LogP contribution in [0.3, 0.4) is 0 Å². The molecule has 0 spiro atoms. The molecule has 0 aromatic rings. The Labute approximate surface area is 111 Å². The number of nitrogens with one attached hydrogen (secondary N) is 1. The molecule has 1 aliphatic heterocycles. The molecule has 1 fully saturated rings. The van der Waals surface area contributed by atoms with Crippen molar-refractivity contribution >= 4 is 5.96 Å². The molecular weight excluding hydrogens is 226 g/mol. The van der Waals surface area contributed by atoms with Gasteiger partial charge in [0.2, 0.25) is 0 Å². The average Bonchev–Trinajstić information content (AvgIpc) is 2.31. The van der Waals surface area contributed by atoms with Crippen molar-refractivity contribution < 1.29 is 0 Å². The minimum atomic E-state index is 0.496. The van der Waals surface area contributed by atoms with Crippen molar-refractivity contribution in [1.29, 1.82) is 0 Å². The predicted molar refractivity (Wildman–Crippen MR) is 77.9 cm³/mol. The number of guanidine groups is 1. The van der Waals surface area contributed by atoms with Crippen LogP contribution in [0.4, 0.5) is 0 Å². The van der Waals surface area contributed by atoms with Crippen molar-refractivity contribution in [2.75, 3.05) is 46.3 Å². The van der Waals surface area contributed by atoms with Gasteiger partial charge in [-0.1, -0.05) is 13.8 Å². The largest absolute Gasteiger partial charge is 0.370 e. The van der Waals surface area contributed by atoms with Gasteiger partial charge in [-0.2, -0.15) is 0 Å². The lowest BCUT2D eigenvalue weighted by atomic mass is 10.0. The van der Waals surface area contributed by atoms with Gasteiger partial charge in [0.1, 0.15) is 0 Å². The molecule has 1 rings (SSSR count). The van der Waals surface area contributed by atoms with Crippen molar-refractivity contribution in [2.45, 2.75) is 26.8 Å². The van der Waals surface area contributed by atoms with Crippen LogP contribution in [0.5, 0.6) is 0 Å². The van der Waals surface area contributed by atoms with Crippen molar-refractivity contribution in [3.8, 4) is 0 Å². The first-order valence-corrected chi connectivity index (χ1v) is 7.01. The van der Waals surface area contributed by atoms with E-state index in [4.69, 9.17) is 5.73 Å². The van der Waals surface area contributed by atoms with Crippen LogP contribution in [0, 0.1) is 5.92 Å². The van der Waals surface area contributed by atoms with Gasteiger partial charge in [0.15, 0.2) is 5.96 Å². The predicted octanol–water partition coefficient (Wildman–Crippen LogP) is 0.183. The van der Waals surface area contributed by atoms with E-state index in [1.54, 1.807) is 0 Å². The second-order valence-corrected chi connectivity index (χ2v) is 5.41. The quantitative estimate of drug-likeness (QED) is 0.544. The minimum Gasteiger partial charge on any atom is -0.370 e. The van der Waals surface area contributed by atoms with Crippen molar-refractivity contribution in [2.24, 2.45) is 16.6 Å². The van der Waals surface area contributed by atoms with E-state index in [1.165, 1.54) is 0 Å². The van der Waals surface area contributed by atoms with Gasteiger partial charge in [0, 0.05) is 38.8 Å². The summed E-state index contributed by atoms with van der Waals surface area (Å²) in [5, 5.41) is 3.05. The van der Waals surface area contributed by atoms with Crippen LogP contribution in [0.1, 0.15) is 20.8 Å². The fourth-order valence-corrected chi connectivity index (χ4v) is 2.33. The molecule has 1 atom stereocenters. The first-order chi connectivity index (χ1) is 8.54. The van der Waals surface area contributed by atoms with E-state index in [2.05, 4.69) is 41.0 Å². The summed E-state index contributed by atoms with van der Waals surface area (Å²) >= 11 is 0. The van der Waals surface area contributed by atoms with E-state index in [0.29, 0.717) is 17.9 Å². The maximum Gasteiger partial charge on any atom is 0.188 e. The van der Waals surface area contributed by atoms with E-state index in [9.17, 15) is 0 Å². The van der Waals surface area contributed by atoms with Crippen LogP contribution in [0.2, 0.25) is 0 Å². The fraction of sp³-hybridized carbons (Fsp3) is 0.923. The lowest BCUT2D eigenvalue weighted by Crippen LogP contribution is -2.52. The molecule has 0 amide bonds. The van der Waals surface area contributed by atoms with Crippen molar-refractivity contribution in [3.63, 3.8) is 0 Å². The summed E-state index contributed by atoms with van der Waals surface area (Å²) in [5.74, 6) is 1.17. The van der Waals surface area contributed by atoms with Gasteiger partial charge in [0.05, 0.1) is 6.54 Å². The molecule has 1 aliphatic rings. The molecule has 5 nitrogen and oxygen atoms in total. The number of likely N-dealkylation sites (N-methyl/N-ethyl adjacent to an activating group) is 1. The smallest absolute Gasteiger partial charge is 0.188 e. The molecule has 5 heteroatoms. The van der Waals surface area contributed by atoms with E-state index in [0.717, 1.165) is 39.3 Å². The minimum absolute atomic E-state index is 0.496. The zero-order chi connectivity index (χ0) is 13.5. The molecule has 0 aromatic heterocycles. The van der Waals surface area contributed by atoms with Crippen LogP contribution >= 0.6 is 0 Å². The summed E-state index contributed by atoms with van der Waals surface area (Å²) < 4.78 is 0. The summed E-state index contributed by atoms with van der Waals surface area (Å²) in [4.78, 5) is 9.39. The Hall–Kier alpha value is -0.810. The summed E-state index contributed by atoms with van der Waals surface area (Å²) in [6, 6.07) is 0.496. The molecule has 0 aliphatic carbocycles. The van der Waals surface area contributed by atoms with Crippen LogP contribution < -0.4 is 11.1 Å². The molecule has 0 bridgehead atoms. The highest BCUT2D eigenvalue weighted by Crippen LogP contribution is 2.13. The second kappa shape index (κ2) is 7.59. The van der Waals surface area contributed by atoms with Crippen molar-refractivity contribution in [1.82, 2.24) is 15.1 Å². The highest BCUT2D eigenvalue weighted by Gasteiger charge is 2.24. The maximum atomic E-state index is 5.80. The molecule has 1 saturated heterocycles. The number of aliphatic imine (C=N–C) groups is 1. The zero-order valence-corrected chi connectivity index (χ0v) is 12.3. The SMILES string of the molecule is CCNC(N)=NCC(C(C)C)N1CCN(C)CC1. The van der Waals surface area contributed by atoms with Gasteiger partial charge in [-0.05, 0) is 19.9 Å². The highest BCUT2D eigenvalue weighted by atomic mass is 15.3. The van der Waals surface area contributed by atoms with Crippen LogP contribution in [-0.4, -0.2) is 68.1 Å². The molecule has 3 N–H and O–H groups in total. The van der Waals surface area contributed by atoms with Gasteiger partial charge >= 0.3 is 0 Å². The number of piperazine rings is 1. The third kappa shape index (κ3) is 4.82. The lowest BCUT2D eigenvalue weighted by Gasteiger charge is -2.39. The Morgan fingerprint density at radius 2 is 1.89 bits per heavy atom. The summed E-state index contributed by atoms with van der Waals surface area (Å²) in [6.07, 6.45) is 0. The molecule has 0 saturated carbocycles. The summed E-state index contributed by atoms with van der Waals surface area (Å²) in [6.45, 7) is 12.8. The van der Waals surface area contributed by atoms with Gasteiger partial charge in [-0.3, -0.25) is 9.89 Å². The number of hydrogen-bond donors (Lipinski definition) is 2. The highest BCUT2D eigenvalue weighted by molar-refractivity contribution is 5.77. The third-order valence-electron chi connectivity index (χ3n) is 3.58. The number of nitrogens with zero attached hydrogens (tertiary/aromatic N) is 3. The molecule has 0 radical (unpaired) electrons. The molecule has 18 heavy (non-hydrogen) atoms. The average molecular weight is 255 g/mol. The van der Waals surface area contributed by atoms with Gasteiger partial charge in [-0.15, -0.1) is 0 Å². The van der Waals surface area contributed by atoms with Crippen molar-refractivity contribution in [3.05, 3.63) is 0 Å². The molecule has 106 valence electrons.